The molecule has 1 amide bonds. The Kier molecular flexibility index (Phi) is 7.27. The highest BCUT2D eigenvalue weighted by molar-refractivity contribution is 5.92. The van der Waals surface area contributed by atoms with E-state index >= 15 is 0 Å². The monoisotopic (exact) mass is 407 g/mol. The van der Waals surface area contributed by atoms with Crippen LogP contribution in [0, 0.1) is 17.8 Å². The topological polar surface area (TPSA) is 68.5 Å². The van der Waals surface area contributed by atoms with Crippen LogP contribution in [0.5, 0.6) is 11.6 Å². The van der Waals surface area contributed by atoms with Crippen LogP contribution in [0.15, 0.2) is 54.2 Å². The second-order valence-corrected chi connectivity index (χ2v) is 8.73. The summed E-state index contributed by atoms with van der Waals surface area (Å²) in [6.45, 7) is 9.18. The summed E-state index contributed by atoms with van der Waals surface area (Å²) in [5.74, 6) is 2.78. The third kappa shape index (κ3) is 5.92. The van der Waals surface area contributed by atoms with Crippen molar-refractivity contribution in [1.29, 1.82) is 0 Å². The molecule has 0 fully saturated rings. The first kappa shape index (κ1) is 22.0. The average Bonchev–Trinajstić information content (AvgIpc) is 2.70. The minimum atomic E-state index is -0.498. The van der Waals surface area contributed by atoms with Crippen molar-refractivity contribution in [3.63, 3.8) is 0 Å². The number of aromatic nitrogens is 1. The molecule has 3 atom stereocenters. The van der Waals surface area contributed by atoms with Crippen LogP contribution in [0.4, 0.5) is 0 Å². The number of primary amides is 1. The first-order chi connectivity index (χ1) is 14.3. The van der Waals surface area contributed by atoms with Gasteiger partial charge in [-0.15, -0.1) is 0 Å². The number of benzene rings is 1. The van der Waals surface area contributed by atoms with E-state index in [4.69, 9.17) is 10.5 Å². The largest absolute Gasteiger partial charge is 0.439 e. The van der Waals surface area contributed by atoms with E-state index in [1.54, 1.807) is 12.1 Å². The summed E-state index contributed by atoms with van der Waals surface area (Å²) in [5.41, 5.74) is 8.42. The number of nitrogens with zero attached hydrogens (tertiary/aromatic N) is 2. The van der Waals surface area contributed by atoms with Crippen molar-refractivity contribution in [1.82, 2.24) is 9.88 Å². The third-order valence-corrected chi connectivity index (χ3v) is 6.07. The Bertz CT molecular complexity index is 874. The van der Waals surface area contributed by atoms with Gasteiger partial charge in [0.15, 0.2) is 0 Å². The van der Waals surface area contributed by atoms with E-state index in [1.807, 2.05) is 12.1 Å². The van der Waals surface area contributed by atoms with E-state index < -0.39 is 5.91 Å². The predicted octanol–water partition coefficient (Wildman–Crippen LogP) is 4.69. The fourth-order valence-electron chi connectivity index (χ4n) is 4.37. The molecule has 0 saturated carbocycles. The van der Waals surface area contributed by atoms with Gasteiger partial charge in [0.1, 0.15) is 5.75 Å². The molecule has 3 unspecified atom stereocenters. The van der Waals surface area contributed by atoms with Crippen molar-refractivity contribution in [2.75, 3.05) is 20.1 Å². The molecule has 0 aliphatic heterocycles. The normalized spacial score (nSPS) is 21.4. The minimum absolute atomic E-state index is 0.366. The first-order valence-corrected chi connectivity index (χ1v) is 10.7. The van der Waals surface area contributed by atoms with Crippen LogP contribution in [0.2, 0.25) is 0 Å². The smallest absolute Gasteiger partial charge is 0.250 e. The molecule has 0 spiro atoms. The van der Waals surface area contributed by atoms with E-state index in [9.17, 15) is 4.79 Å². The number of rotatable bonds is 8. The van der Waals surface area contributed by atoms with Gasteiger partial charge in [-0.05, 0) is 68.3 Å². The van der Waals surface area contributed by atoms with E-state index in [-0.39, 0.29) is 0 Å². The highest BCUT2D eigenvalue weighted by Crippen LogP contribution is 2.33. The van der Waals surface area contributed by atoms with Crippen LogP contribution in [-0.2, 0) is 6.42 Å². The molecule has 5 nitrogen and oxygen atoms in total. The molecule has 1 aromatic heterocycles. The molecular weight excluding hydrogens is 374 g/mol. The molecule has 5 heteroatoms. The van der Waals surface area contributed by atoms with Gasteiger partial charge in [0.25, 0.3) is 0 Å². The van der Waals surface area contributed by atoms with Gasteiger partial charge in [0, 0.05) is 25.4 Å². The van der Waals surface area contributed by atoms with E-state index in [0.717, 1.165) is 37.1 Å². The second-order valence-electron chi connectivity index (χ2n) is 8.73. The predicted molar refractivity (Wildman–Crippen MR) is 121 cm³/mol. The maximum atomic E-state index is 11.1. The summed E-state index contributed by atoms with van der Waals surface area (Å²) in [6.07, 6.45) is 6.11. The van der Waals surface area contributed by atoms with Gasteiger partial charge in [0.05, 0.1) is 5.56 Å². The Morgan fingerprint density at radius 1 is 1.20 bits per heavy atom. The van der Waals surface area contributed by atoms with E-state index in [0.29, 0.717) is 17.4 Å². The van der Waals surface area contributed by atoms with E-state index in [2.05, 4.69) is 55.9 Å². The van der Waals surface area contributed by atoms with Gasteiger partial charge in [-0.1, -0.05) is 37.6 Å². The summed E-state index contributed by atoms with van der Waals surface area (Å²) < 4.78 is 5.75. The van der Waals surface area contributed by atoms with Crippen LogP contribution in [0.3, 0.4) is 0 Å². The van der Waals surface area contributed by atoms with Gasteiger partial charge in [-0.25, -0.2) is 4.98 Å². The van der Waals surface area contributed by atoms with Crippen LogP contribution in [-0.4, -0.2) is 35.9 Å². The number of hydrogen-bond donors (Lipinski definition) is 1. The number of hydrogen-bond acceptors (Lipinski definition) is 4. The zero-order valence-corrected chi connectivity index (χ0v) is 18.5. The van der Waals surface area contributed by atoms with Crippen molar-refractivity contribution < 1.29 is 9.53 Å². The lowest BCUT2D eigenvalue weighted by Crippen LogP contribution is -2.35. The van der Waals surface area contributed by atoms with Crippen molar-refractivity contribution >= 4 is 5.91 Å². The minimum Gasteiger partial charge on any atom is -0.439 e. The zero-order valence-electron chi connectivity index (χ0n) is 18.5. The SMILES string of the molecule is CC1=CC(C)C(CN(C)CCc2ccc(Oc3ccc(C(N)=O)cn3)cc2)C(C)C1. The lowest BCUT2D eigenvalue weighted by molar-refractivity contribution is 0.1000. The summed E-state index contributed by atoms with van der Waals surface area (Å²) >= 11 is 0. The highest BCUT2D eigenvalue weighted by atomic mass is 16.5. The molecule has 0 saturated heterocycles. The number of amides is 1. The van der Waals surface area contributed by atoms with Gasteiger partial charge in [0.2, 0.25) is 11.8 Å². The maximum absolute atomic E-state index is 11.1. The molecule has 30 heavy (non-hydrogen) atoms. The van der Waals surface area contributed by atoms with Crippen molar-refractivity contribution in [3.8, 4) is 11.6 Å². The van der Waals surface area contributed by atoms with Gasteiger partial charge >= 0.3 is 0 Å². The molecule has 1 aliphatic rings. The lowest BCUT2D eigenvalue weighted by Gasteiger charge is -2.35. The Morgan fingerprint density at radius 2 is 1.93 bits per heavy atom. The van der Waals surface area contributed by atoms with Crippen LogP contribution < -0.4 is 10.5 Å². The molecular formula is C25H33N3O2. The molecule has 1 aromatic carbocycles. The number of likely N-dealkylation sites (N-methyl/N-ethyl adjacent to an activating group) is 1. The number of ether oxygens (including phenoxy) is 1. The Balaban J connectivity index is 1.49. The van der Waals surface area contributed by atoms with Crippen LogP contribution in [0.1, 0.15) is 43.1 Å². The maximum Gasteiger partial charge on any atom is 0.250 e. The molecule has 2 aromatic rings. The number of nitrogens with two attached hydrogens (primary N) is 1. The fourth-order valence-corrected chi connectivity index (χ4v) is 4.37. The van der Waals surface area contributed by atoms with Crippen molar-refractivity contribution in [2.45, 2.75) is 33.6 Å². The third-order valence-electron chi connectivity index (χ3n) is 6.07. The van der Waals surface area contributed by atoms with Gasteiger partial charge in [-0.2, -0.15) is 0 Å². The van der Waals surface area contributed by atoms with Crippen molar-refractivity contribution in [3.05, 3.63) is 65.4 Å². The number of pyridine rings is 1. The molecule has 1 aliphatic carbocycles. The van der Waals surface area contributed by atoms with Gasteiger partial charge in [-0.3, -0.25) is 4.79 Å². The van der Waals surface area contributed by atoms with Crippen LogP contribution >= 0.6 is 0 Å². The zero-order chi connectivity index (χ0) is 21.7. The molecule has 0 radical (unpaired) electrons. The Morgan fingerprint density at radius 3 is 2.53 bits per heavy atom. The van der Waals surface area contributed by atoms with E-state index in [1.165, 1.54) is 23.8 Å². The lowest BCUT2D eigenvalue weighted by atomic mass is 9.75. The number of carbonyl (C=O) groups is 1. The summed E-state index contributed by atoms with van der Waals surface area (Å²) in [7, 11) is 2.23. The second kappa shape index (κ2) is 9.90. The van der Waals surface area contributed by atoms with Gasteiger partial charge < -0.3 is 15.4 Å². The van der Waals surface area contributed by atoms with Crippen LogP contribution in [0.25, 0.3) is 0 Å². The quantitative estimate of drug-likeness (QED) is 0.645. The molecule has 2 N–H and O–H groups in total. The summed E-state index contributed by atoms with van der Waals surface area (Å²) in [4.78, 5) is 17.7. The molecule has 1 heterocycles. The fraction of sp³-hybridized carbons (Fsp3) is 0.440. The summed E-state index contributed by atoms with van der Waals surface area (Å²) in [5, 5.41) is 0. The number of carbonyl (C=O) groups excluding carboxylic acids is 1. The Hall–Kier alpha value is -2.66. The average molecular weight is 408 g/mol. The first-order valence-electron chi connectivity index (χ1n) is 10.7. The molecule has 3 rings (SSSR count). The summed E-state index contributed by atoms with van der Waals surface area (Å²) in [6, 6.07) is 11.4. The standard InChI is InChI=1S/C25H33N3O2/c1-17-13-18(2)23(19(3)14-17)16-28(4)12-11-20-5-8-22(9-6-20)30-24-10-7-21(15-27-24)25(26)29/h5-10,13,15,18-19,23H,11-12,14,16H2,1-4H3,(H2,26,29). The Labute approximate surface area is 179 Å². The van der Waals surface area contributed by atoms with Crippen molar-refractivity contribution in [2.24, 2.45) is 23.5 Å². The molecule has 0 bridgehead atoms. The molecule has 160 valence electrons. The number of allylic oxidation sites excluding steroid dienone is 2. The highest BCUT2D eigenvalue weighted by Gasteiger charge is 2.27.